The summed E-state index contributed by atoms with van der Waals surface area (Å²) in [6.45, 7) is 1.30. The van der Waals surface area contributed by atoms with Crippen LogP contribution in [0.2, 0.25) is 0 Å². The lowest BCUT2D eigenvalue weighted by atomic mass is 10.0. The Balaban J connectivity index is 1.69. The van der Waals surface area contributed by atoms with Gasteiger partial charge < -0.3 is 9.84 Å². The third-order valence-electron chi connectivity index (χ3n) is 3.88. The number of ether oxygens (including phenoxy) is 1. The van der Waals surface area contributed by atoms with E-state index in [4.69, 9.17) is 9.84 Å². The molecule has 0 amide bonds. The van der Waals surface area contributed by atoms with Crippen LogP contribution in [0.5, 0.6) is 5.75 Å². The van der Waals surface area contributed by atoms with Crippen LogP contribution in [0.25, 0.3) is 0 Å². The van der Waals surface area contributed by atoms with Crippen molar-refractivity contribution < 1.29 is 23.0 Å². The number of hydrazone groups is 1. The summed E-state index contributed by atoms with van der Waals surface area (Å²) in [6, 6.07) is 6.96. The van der Waals surface area contributed by atoms with Crippen molar-refractivity contribution in [3.05, 3.63) is 53.2 Å². The van der Waals surface area contributed by atoms with E-state index in [0.29, 0.717) is 17.1 Å². The molecule has 0 bridgehead atoms. The topological polar surface area (TPSA) is 70.0 Å². The van der Waals surface area contributed by atoms with Crippen LogP contribution in [0.1, 0.15) is 16.7 Å². The molecule has 2 heterocycles. The number of hydrazine groups is 1. The lowest BCUT2D eigenvalue weighted by Crippen LogP contribution is -2.38. The number of hydrogen-bond acceptors (Lipinski definition) is 6. The van der Waals surface area contributed by atoms with Crippen LogP contribution in [0, 0.1) is 6.92 Å². The van der Waals surface area contributed by atoms with Gasteiger partial charge in [0.2, 0.25) is 0 Å². The SMILES string of the molecule is Cc1cccc(C(F)(F)F)c1COc1ccc(N2N=CC(CO)N2)nc1. The van der Waals surface area contributed by atoms with Gasteiger partial charge in [-0.25, -0.2) is 10.4 Å². The van der Waals surface area contributed by atoms with Crippen LogP contribution < -0.4 is 15.3 Å². The summed E-state index contributed by atoms with van der Waals surface area (Å²) in [5, 5.41) is 14.5. The Kier molecular flexibility index (Phi) is 5.10. The molecule has 138 valence electrons. The number of aliphatic hydroxyl groups is 1. The minimum Gasteiger partial charge on any atom is -0.487 e. The van der Waals surface area contributed by atoms with E-state index in [-0.39, 0.29) is 24.8 Å². The van der Waals surface area contributed by atoms with Crippen molar-refractivity contribution in [2.75, 3.05) is 11.7 Å². The number of halogens is 3. The highest BCUT2D eigenvalue weighted by atomic mass is 19.4. The van der Waals surface area contributed by atoms with Crippen molar-refractivity contribution in [3.8, 4) is 5.75 Å². The number of nitrogens with zero attached hydrogens (tertiary/aromatic N) is 3. The molecule has 1 aliphatic heterocycles. The highest BCUT2D eigenvalue weighted by Crippen LogP contribution is 2.33. The van der Waals surface area contributed by atoms with Crippen LogP contribution in [0.3, 0.4) is 0 Å². The van der Waals surface area contributed by atoms with Gasteiger partial charge in [0.1, 0.15) is 12.4 Å². The molecule has 0 radical (unpaired) electrons. The van der Waals surface area contributed by atoms with Crippen LogP contribution in [0.4, 0.5) is 19.0 Å². The van der Waals surface area contributed by atoms with Gasteiger partial charge in [0.15, 0.2) is 5.82 Å². The van der Waals surface area contributed by atoms with Crippen LogP contribution in [-0.4, -0.2) is 29.0 Å². The second-order valence-electron chi connectivity index (χ2n) is 5.73. The predicted octanol–water partition coefficient (Wildman–Crippen LogP) is 2.66. The van der Waals surface area contributed by atoms with Gasteiger partial charge in [0, 0.05) is 11.8 Å². The Bertz CT molecular complexity index is 794. The van der Waals surface area contributed by atoms with Gasteiger partial charge >= 0.3 is 6.18 Å². The zero-order valence-corrected chi connectivity index (χ0v) is 13.9. The van der Waals surface area contributed by atoms with Crippen molar-refractivity contribution in [2.24, 2.45) is 5.10 Å². The van der Waals surface area contributed by atoms with Crippen LogP contribution in [-0.2, 0) is 12.8 Å². The molecule has 26 heavy (non-hydrogen) atoms. The summed E-state index contributed by atoms with van der Waals surface area (Å²) >= 11 is 0. The van der Waals surface area contributed by atoms with E-state index in [0.717, 1.165) is 6.07 Å². The Morgan fingerprint density at radius 2 is 2.08 bits per heavy atom. The standard InChI is InChI=1S/C17H17F3N4O2/c1-11-3-2-4-15(17(18,19)20)14(11)10-26-13-5-6-16(21-8-13)24-22-7-12(9-25)23-24/h2-8,12,23,25H,9-10H2,1H3. The first-order chi connectivity index (χ1) is 12.4. The van der Waals surface area contributed by atoms with Gasteiger partial charge in [-0.3, -0.25) is 0 Å². The van der Waals surface area contributed by atoms with Crippen molar-refractivity contribution in [1.29, 1.82) is 0 Å². The molecular formula is C17H17F3N4O2. The fraction of sp³-hybridized carbons (Fsp3) is 0.294. The summed E-state index contributed by atoms with van der Waals surface area (Å²) in [4.78, 5) is 4.16. The quantitative estimate of drug-likeness (QED) is 0.852. The molecule has 9 heteroatoms. The molecule has 0 spiro atoms. The first-order valence-corrected chi connectivity index (χ1v) is 7.84. The van der Waals surface area contributed by atoms with Gasteiger partial charge in [-0.1, -0.05) is 12.1 Å². The number of pyridine rings is 1. The largest absolute Gasteiger partial charge is 0.487 e. The number of alkyl halides is 3. The molecule has 0 saturated heterocycles. The first kappa shape index (κ1) is 18.2. The Morgan fingerprint density at radius 1 is 1.27 bits per heavy atom. The molecule has 0 fully saturated rings. The van der Waals surface area contributed by atoms with Crippen LogP contribution >= 0.6 is 0 Å². The average molecular weight is 366 g/mol. The summed E-state index contributed by atoms with van der Waals surface area (Å²) in [6.07, 6.45) is -1.48. The monoisotopic (exact) mass is 366 g/mol. The Hall–Kier alpha value is -2.65. The molecule has 1 aromatic heterocycles. The highest BCUT2D eigenvalue weighted by Gasteiger charge is 2.33. The average Bonchev–Trinajstić information content (AvgIpc) is 3.09. The van der Waals surface area contributed by atoms with E-state index < -0.39 is 11.7 Å². The van der Waals surface area contributed by atoms with Crippen molar-refractivity contribution >= 4 is 12.0 Å². The van der Waals surface area contributed by atoms with E-state index in [1.54, 1.807) is 31.3 Å². The zero-order chi connectivity index (χ0) is 18.7. The Labute approximate surface area is 147 Å². The summed E-state index contributed by atoms with van der Waals surface area (Å²) in [5.74, 6) is 0.809. The number of hydrogen-bond donors (Lipinski definition) is 2. The fourth-order valence-electron chi connectivity index (χ4n) is 2.48. The third-order valence-corrected chi connectivity index (χ3v) is 3.88. The highest BCUT2D eigenvalue weighted by molar-refractivity contribution is 5.69. The zero-order valence-electron chi connectivity index (χ0n) is 13.9. The van der Waals surface area contributed by atoms with Crippen molar-refractivity contribution in [3.63, 3.8) is 0 Å². The maximum atomic E-state index is 13.1. The van der Waals surface area contributed by atoms with Gasteiger partial charge in [-0.2, -0.15) is 23.4 Å². The second kappa shape index (κ2) is 7.30. The van der Waals surface area contributed by atoms with E-state index >= 15 is 0 Å². The molecular weight excluding hydrogens is 349 g/mol. The van der Waals surface area contributed by atoms with Crippen molar-refractivity contribution in [1.82, 2.24) is 10.4 Å². The number of benzene rings is 1. The molecule has 3 rings (SSSR count). The molecule has 1 aromatic carbocycles. The minimum absolute atomic E-state index is 0.0978. The van der Waals surface area contributed by atoms with Gasteiger partial charge in [-0.05, 0) is 30.7 Å². The van der Waals surface area contributed by atoms with Gasteiger partial charge in [0.25, 0.3) is 0 Å². The summed E-state index contributed by atoms with van der Waals surface area (Å²) < 4.78 is 44.9. The Morgan fingerprint density at radius 3 is 2.69 bits per heavy atom. The van der Waals surface area contributed by atoms with Crippen molar-refractivity contribution in [2.45, 2.75) is 25.7 Å². The third kappa shape index (κ3) is 3.94. The molecule has 6 nitrogen and oxygen atoms in total. The number of nitrogens with one attached hydrogen (secondary N) is 1. The van der Waals surface area contributed by atoms with E-state index in [9.17, 15) is 13.2 Å². The predicted molar refractivity (Wildman–Crippen MR) is 89.7 cm³/mol. The number of aryl methyl sites for hydroxylation is 1. The number of aliphatic hydroxyl groups excluding tert-OH is 1. The number of rotatable bonds is 5. The van der Waals surface area contributed by atoms with Gasteiger partial charge in [-0.15, -0.1) is 0 Å². The first-order valence-electron chi connectivity index (χ1n) is 7.84. The maximum Gasteiger partial charge on any atom is 0.416 e. The number of aromatic nitrogens is 1. The fourth-order valence-corrected chi connectivity index (χ4v) is 2.48. The van der Waals surface area contributed by atoms with Crippen LogP contribution in [0.15, 0.2) is 41.6 Å². The molecule has 0 saturated carbocycles. The minimum atomic E-state index is -4.44. The summed E-state index contributed by atoms with van der Waals surface area (Å²) in [5.41, 5.74) is 2.80. The molecule has 0 aliphatic carbocycles. The van der Waals surface area contributed by atoms with E-state index in [2.05, 4.69) is 15.5 Å². The second-order valence-corrected chi connectivity index (χ2v) is 5.73. The lowest BCUT2D eigenvalue weighted by molar-refractivity contribution is -0.138. The van der Waals surface area contributed by atoms with E-state index in [1.807, 2.05) is 0 Å². The molecule has 1 atom stereocenters. The normalized spacial score (nSPS) is 17.0. The molecule has 2 N–H and O–H groups in total. The molecule has 2 aromatic rings. The molecule has 1 aliphatic rings. The molecule has 1 unspecified atom stereocenters. The van der Waals surface area contributed by atoms with E-state index in [1.165, 1.54) is 17.4 Å². The lowest BCUT2D eigenvalue weighted by Gasteiger charge is -2.17. The maximum absolute atomic E-state index is 13.1. The van der Waals surface area contributed by atoms with Gasteiger partial charge in [0.05, 0.1) is 24.4 Å². The number of anilines is 1. The smallest absolute Gasteiger partial charge is 0.416 e. The summed E-state index contributed by atoms with van der Waals surface area (Å²) in [7, 11) is 0.